The largest absolute Gasteiger partial charge is 0.361 e. The predicted octanol–water partition coefficient (Wildman–Crippen LogP) is 4.52. The second-order valence-corrected chi connectivity index (χ2v) is 7.89. The zero-order valence-corrected chi connectivity index (χ0v) is 18.0. The van der Waals surface area contributed by atoms with E-state index in [1.165, 1.54) is 0 Å². The van der Waals surface area contributed by atoms with Gasteiger partial charge in [-0.25, -0.2) is 0 Å². The first kappa shape index (κ1) is 19.8. The first-order valence-electron chi connectivity index (χ1n) is 10.8. The van der Waals surface area contributed by atoms with E-state index in [4.69, 9.17) is 5.10 Å². The van der Waals surface area contributed by atoms with E-state index in [1.807, 2.05) is 85.1 Å². The number of amides is 1. The molecule has 8 heteroatoms. The lowest BCUT2D eigenvalue weighted by atomic mass is 10.1. The number of nitrogens with one attached hydrogen (secondary N) is 2. The Morgan fingerprint density at radius 1 is 0.882 bits per heavy atom. The molecule has 0 aliphatic rings. The molecule has 164 valence electrons. The molecule has 2 N–H and O–H groups in total. The van der Waals surface area contributed by atoms with Crippen LogP contribution in [0.4, 0.5) is 5.69 Å². The van der Waals surface area contributed by atoms with Crippen LogP contribution in [0.1, 0.15) is 5.56 Å². The topological polar surface area (TPSA) is 101 Å². The van der Waals surface area contributed by atoms with E-state index in [0.29, 0.717) is 23.6 Å². The summed E-state index contributed by atoms with van der Waals surface area (Å²) >= 11 is 0. The maximum Gasteiger partial charge on any atom is 0.228 e. The summed E-state index contributed by atoms with van der Waals surface area (Å²) in [6.07, 6.45) is 3.90. The highest BCUT2D eigenvalue weighted by Gasteiger charge is 2.12. The van der Waals surface area contributed by atoms with Gasteiger partial charge in [-0.05, 0) is 48.0 Å². The van der Waals surface area contributed by atoms with Gasteiger partial charge in [-0.1, -0.05) is 36.4 Å². The minimum Gasteiger partial charge on any atom is -0.361 e. The minimum absolute atomic E-state index is 0.0680. The number of rotatable bonds is 5. The number of fused-ring (bicyclic) bond motifs is 2. The van der Waals surface area contributed by atoms with Gasteiger partial charge in [0.05, 0.1) is 12.1 Å². The Labute approximate surface area is 194 Å². The van der Waals surface area contributed by atoms with Crippen molar-refractivity contribution in [3.05, 3.63) is 96.8 Å². The van der Waals surface area contributed by atoms with Crippen LogP contribution >= 0.6 is 0 Å². The van der Waals surface area contributed by atoms with Gasteiger partial charge in [-0.3, -0.25) is 9.78 Å². The SMILES string of the molecule is O=C(Cc1c[nH]c2ccccc12)Nc1ccc(-c2ccc3nnc(-c4ccccn4)n3n2)cc1. The van der Waals surface area contributed by atoms with E-state index in [0.717, 1.165) is 33.4 Å². The standard InChI is InChI=1S/C26H19N7O/c34-25(15-18-16-28-22-6-2-1-5-20(18)22)29-19-10-8-17(9-11-19)21-12-13-24-30-31-26(33(24)32-21)23-7-3-4-14-27-23/h1-14,16,28H,15H2,(H,29,34). The average molecular weight is 445 g/mol. The van der Waals surface area contributed by atoms with Gasteiger partial charge in [-0.15, -0.1) is 10.2 Å². The Balaban J connectivity index is 1.21. The molecule has 0 saturated heterocycles. The molecule has 0 aliphatic carbocycles. The summed E-state index contributed by atoms with van der Waals surface area (Å²) in [5.74, 6) is 0.514. The minimum atomic E-state index is -0.0680. The van der Waals surface area contributed by atoms with Crippen molar-refractivity contribution in [1.29, 1.82) is 0 Å². The highest BCUT2D eigenvalue weighted by molar-refractivity contribution is 5.95. The van der Waals surface area contributed by atoms with Gasteiger partial charge in [0.25, 0.3) is 0 Å². The van der Waals surface area contributed by atoms with Crippen molar-refractivity contribution in [3.8, 4) is 22.8 Å². The van der Waals surface area contributed by atoms with Gasteiger partial charge in [0.1, 0.15) is 5.69 Å². The van der Waals surface area contributed by atoms with Crippen molar-refractivity contribution in [3.63, 3.8) is 0 Å². The molecule has 34 heavy (non-hydrogen) atoms. The van der Waals surface area contributed by atoms with Gasteiger partial charge >= 0.3 is 0 Å². The Bertz CT molecular complexity index is 1620. The molecule has 4 heterocycles. The van der Waals surface area contributed by atoms with Crippen molar-refractivity contribution < 1.29 is 4.79 Å². The number of hydrogen-bond donors (Lipinski definition) is 2. The number of hydrogen-bond acceptors (Lipinski definition) is 5. The molecule has 4 aromatic heterocycles. The second-order valence-electron chi connectivity index (χ2n) is 7.89. The zero-order chi connectivity index (χ0) is 22.9. The highest BCUT2D eigenvalue weighted by atomic mass is 16.1. The molecule has 0 fully saturated rings. The van der Waals surface area contributed by atoms with Gasteiger partial charge in [0, 0.05) is 34.5 Å². The fourth-order valence-electron chi connectivity index (χ4n) is 3.98. The Hall–Kier alpha value is -4.85. The third kappa shape index (κ3) is 3.67. The number of aromatic nitrogens is 6. The molecule has 0 spiro atoms. The van der Waals surface area contributed by atoms with Crippen LogP contribution in [0.25, 0.3) is 39.3 Å². The first-order chi connectivity index (χ1) is 16.7. The Morgan fingerprint density at radius 3 is 2.59 bits per heavy atom. The van der Waals surface area contributed by atoms with Gasteiger partial charge < -0.3 is 10.3 Å². The summed E-state index contributed by atoms with van der Waals surface area (Å²) in [6.45, 7) is 0. The molecular formula is C26H19N7O. The third-order valence-corrected chi connectivity index (χ3v) is 5.65. The number of anilines is 1. The molecule has 6 aromatic rings. The van der Waals surface area contributed by atoms with Crippen LogP contribution in [0.3, 0.4) is 0 Å². The lowest BCUT2D eigenvalue weighted by molar-refractivity contribution is -0.115. The van der Waals surface area contributed by atoms with Crippen molar-refractivity contribution in [1.82, 2.24) is 29.8 Å². The first-order valence-corrected chi connectivity index (χ1v) is 10.8. The van der Waals surface area contributed by atoms with Crippen LogP contribution in [0.15, 0.2) is 91.3 Å². The van der Waals surface area contributed by atoms with Crippen LogP contribution in [-0.2, 0) is 11.2 Å². The van der Waals surface area contributed by atoms with Crippen LogP contribution < -0.4 is 5.32 Å². The van der Waals surface area contributed by atoms with E-state index in [9.17, 15) is 4.79 Å². The lowest BCUT2D eigenvalue weighted by Gasteiger charge is -2.07. The summed E-state index contributed by atoms with van der Waals surface area (Å²) in [7, 11) is 0. The molecule has 6 rings (SSSR count). The van der Waals surface area contributed by atoms with Crippen molar-refractivity contribution in [2.75, 3.05) is 5.32 Å². The number of benzene rings is 2. The number of pyridine rings is 1. The highest BCUT2D eigenvalue weighted by Crippen LogP contribution is 2.23. The van der Waals surface area contributed by atoms with E-state index in [1.54, 1.807) is 10.7 Å². The monoisotopic (exact) mass is 445 g/mol. The number of carbonyl (C=O) groups excluding carboxylic acids is 1. The summed E-state index contributed by atoms with van der Waals surface area (Å²) in [5, 5.41) is 17.2. The smallest absolute Gasteiger partial charge is 0.228 e. The molecule has 0 aliphatic heterocycles. The van der Waals surface area contributed by atoms with E-state index in [-0.39, 0.29) is 5.91 Å². The summed E-state index contributed by atoms with van der Waals surface area (Å²) < 4.78 is 1.69. The summed E-state index contributed by atoms with van der Waals surface area (Å²) in [4.78, 5) is 20.2. The van der Waals surface area contributed by atoms with E-state index in [2.05, 4.69) is 25.5 Å². The zero-order valence-electron chi connectivity index (χ0n) is 18.0. The average Bonchev–Trinajstić information content (AvgIpc) is 3.49. The van der Waals surface area contributed by atoms with Gasteiger partial charge in [-0.2, -0.15) is 9.61 Å². The molecule has 0 radical (unpaired) electrons. The number of aromatic amines is 1. The van der Waals surface area contributed by atoms with E-state index < -0.39 is 0 Å². The van der Waals surface area contributed by atoms with Crippen LogP contribution in [0.5, 0.6) is 0 Å². The van der Waals surface area contributed by atoms with E-state index >= 15 is 0 Å². The number of H-pyrrole nitrogens is 1. The van der Waals surface area contributed by atoms with Crippen LogP contribution in [0, 0.1) is 0 Å². The second kappa shape index (κ2) is 8.25. The fourth-order valence-corrected chi connectivity index (χ4v) is 3.98. The lowest BCUT2D eigenvalue weighted by Crippen LogP contribution is -2.14. The molecule has 8 nitrogen and oxygen atoms in total. The number of para-hydroxylation sites is 1. The van der Waals surface area contributed by atoms with Gasteiger partial charge in [0.15, 0.2) is 5.65 Å². The molecular weight excluding hydrogens is 426 g/mol. The third-order valence-electron chi connectivity index (χ3n) is 5.65. The quantitative estimate of drug-likeness (QED) is 0.406. The molecule has 0 unspecified atom stereocenters. The van der Waals surface area contributed by atoms with Crippen LogP contribution in [-0.4, -0.2) is 35.7 Å². The van der Waals surface area contributed by atoms with Crippen molar-refractivity contribution >= 4 is 28.1 Å². The molecule has 0 atom stereocenters. The van der Waals surface area contributed by atoms with Crippen LogP contribution in [0.2, 0.25) is 0 Å². The van der Waals surface area contributed by atoms with Gasteiger partial charge in [0.2, 0.25) is 11.7 Å². The Kier molecular flexibility index (Phi) is 4.81. The Morgan fingerprint density at radius 2 is 1.74 bits per heavy atom. The van der Waals surface area contributed by atoms with Crippen molar-refractivity contribution in [2.45, 2.75) is 6.42 Å². The fraction of sp³-hybridized carbons (Fsp3) is 0.0385. The molecule has 1 amide bonds. The maximum absolute atomic E-state index is 12.6. The van der Waals surface area contributed by atoms with Crippen molar-refractivity contribution in [2.24, 2.45) is 0 Å². The maximum atomic E-state index is 12.6. The molecule has 2 aromatic carbocycles. The predicted molar refractivity (Wildman–Crippen MR) is 130 cm³/mol. The normalized spacial score (nSPS) is 11.2. The number of carbonyl (C=O) groups is 1. The molecule has 0 bridgehead atoms. The summed E-state index contributed by atoms with van der Waals surface area (Å²) in [5.41, 5.74) is 5.75. The molecule has 0 saturated carbocycles. The number of nitrogens with zero attached hydrogens (tertiary/aromatic N) is 5. The summed E-state index contributed by atoms with van der Waals surface area (Å²) in [6, 6.07) is 25.0.